The molecular formula is C13H15N3OS. The minimum Gasteiger partial charge on any atom is -0.351 e. The van der Waals surface area contributed by atoms with Gasteiger partial charge in [0.05, 0.1) is 11.1 Å². The summed E-state index contributed by atoms with van der Waals surface area (Å²) >= 11 is 1.43. The second-order valence-electron chi connectivity index (χ2n) is 4.06. The van der Waals surface area contributed by atoms with E-state index < -0.39 is 0 Å². The third kappa shape index (κ3) is 3.13. The number of hydrogen-bond acceptors (Lipinski definition) is 5. The Bertz CT molecular complexity index is 524. The van der Waals surface area contributed by atoms with Gasteiger partial charge in [0.15, 0.2) is 10.9 Å². The van der Waals surface area contributed by atoms with E-state index in [0.29, 0.717) is 4.88 Å². The van der Waals surface area contributed by atoms with E-state index in [4.69, 9.17) is 0 Å². The van der Waals surface area contributed by atoms with E-state index in [9.17, 15) is 4.79 Å². The topological polar surface area (TPSA) is 46.1 Å². The lowest BCUT2D eigenvalue weighted by molar-refractivity contribution is 0.102. The summed E-state index contributed by atoms with van der Waals surface area (Å²) in [5, 5.41) is 0.871. The maximum atomic E-state index is 11.2. The van der Waals surface area contributed by atoms with Crippen LogP contribution in [0.5, 0.6) is 0 Å². The lowest BCUT2D eigenvalue weighted by atomic mass is 10.2. The molecular weight excluding hydrogens is 246 g/mol. The molecule has 0 N–H and O–H groups in total. The van der Waals surface area contributed by atoms with Crippen molar-refractivity contribution < 1.29 is 4.79 Å². The van der Waals surface area contributed by atoms with E-state index in [1.807, 2.05) is 30.1 Å². The molecule has 94 valence electrons. The predicted octanol–water partition coefficient (Wildman–Crippen LogP) is 2.42. The van der Waals surface area contributed by atoms with Crippen molar-refractivity contribution in [3.63, 3.8) is 0 Å². The number of Topliss-reactive ketones (excluding diaryl/α,β-unsaturated/α-hetero) is 1. The molecule has 0 radical (unpaired) electrons. The summed E-state index contributed by atoms with van der Waals surface area (Å²) in [5.74, 6) is 0.0666. The summed E-state index contributed by atoms with van der Waals surface area (Å²) < 4.78 is 0. The third-order valence-corrected chi connectivity index (χ3v) is 3.81. The number of thiazole rings is 1. The second-order valence-corrected chi connectivity index (χ2v) is 5.07. The average molecular weight is 261 g/mol. The Kier molecular flexibility index (Phi) is 4.04. The molecule has 0 saturated carbocycles. The molecule has 2 rings (SSSR count). The standard InChI is InChI=1S/C13H15N3OS/c1-10(17)12-9-15-13(18-12)16(2)8-6-11-5-3-4-7-14-11/h3-5,7,9H,6,8H2,1-2H3. The Morgan fingerprint density at radius 2 is 2.22 bits per heavy atom. The van der Waals surface area contributed by atoms with Crippen LogP contribution in [0.2, 0.25) is 0 Å². The quantitative estimate of drug-likeness (QED) is 0.775. The highest BCUT2D eigenvalue weighted by atomic mass is 32.1. The van der Waals surface area contributed by atoms with E-state index in [-0.39, 0.29) is 5.78 Å². The number of aromatic nitrogens is 2. The van der Waals surface area contributed by atoms with Crippen LogP contribution in [0, 0.1) is 0 Å². The monoisotopic (exact) mass is 261 g/mol. The van der Waals surface area contributed by atoms with Crippen LogP contribution in [0.15, 0.2) is 30.6 Å². The van der Waals surface area contributed by atoms with Gasteiger partial charge in [0.25, 0.3) is 0 Å². The van der Waals surface area contributed by atoms with E-state index in [0.717, 1.165) is 23.8 Å². The number of carbonyl (C=O) groups is 1. The zero-order chi connectivity index (χ0) is 13.0. The summed E-state index contributed by atoms with van der Waals surface area (Å²) in [6, 6.07) is 5.91. The molecule has 0 aromatic carbocycles. The van der Waals surface area contributed by atoms with Crippen molar-refractivity contribution in [2.75, 3.05) is 18.5 Å². The van der Waals surface area contributed by atoms with Crippen molar-refractivity contribution in [1.29, 1.82) is 0 Å². The number of anilines is 1. The summed E-state index contributed by atoms with van der Waals surface area (Å²) in [6.45, 7) is 2.40. The van der Waals surface area contributed by atoms with E-state index in [1.54, 1.807) is 19.3 Å². The molecule has 0 saturated heterocycles. The van der Waals surface area contributed by atoms with Crippen molar-refractivity contribution in [3.8, 4) is 0 Å². The van der Waals surface area contributed by atoms with Crippen LogP contribution in [0.4, 0.5) is 5.13 Å². The largest absolute Gasteiger partial charge is 0.351 e. The summed E-state index contributed by atoms with van der Waals surface area (Å²) in [4.78, 5) is 22.5. The molecule has 0 unspecified atom stereocenters. The zero-order valence-electron chi connectivity index (χ0n) is 10.5. The van der Waals surface area contributed by atoms with Gasteiger partial charge in [-0.1, -0.05) is 17.4 Å². The van der Waals surface area contributed by atoms with Crippen LogP contribution in [0.3, 0.4) is 0 Å². The lowest BCUT2D eigenvalue weighted by Crippen LogP contribution is -2.20. The van der Waals surface area contributed by atoms with Crippen molar-refractivity contribution in [2.24, 2.45) is 0 Å². The minimum absolute atomic E-state index is 0.0666. The number of hydrogen-bond donors (Lipinski definition) is 0. The fraction of sp³-hybridized carbons (Fsp3) is 0.308. The Morgan fingerprint density at radius 3 is 2.83 bits per heavy atom. The Hall–Kier alpha value is -1.75. The number of likely N-dealkylation sites (N-methyl/N-ethyl adjacent to an activating group) is 1. The number of pyridine rings is 1. The summed E-state index contributed by atoms with van der Waals surface area (Å²) in [6.07, 6.45) is 4.30. The molecule has 0 spiro atoms. The van der Waals surface area contributed by atoms with E-state index in [2.05, 4.69) is 9.97 Å². The van der Waals surface area contributed by atoms with Crippen LogP contribution >= 0.6 is 11.3 Å². The minimum atomic E-state index is 0.0666. The van der Waals surface area contributed by atoms with Crippen LogP contribution < -0.4 is 4.90 Å². The van der Waals surface area contributed by atoms with E-state index in [1.165, 1.54) is 11.3 Å². The molecule has 0 aliphatic carbocycles. The molecule has 0 fully saturated rings. The average Bonchev–Trinajstić information content (AvgIpc) is 2.87. The molecule has 0 aliphatic rings. The van der Waals surface area contributed by atoms with Gasteiger partial charge in [0.1, 0.15) is 0 Å². The van der Waals surface area contributed by atoms with Gasteiger partial charge in [-0.3, -0.25) is 9.78 Å². The molecule has 4 nitrogen and oxygen atoms in total. The Morgan fingerprint density at radius 1 is 1.39 bits per heavy atom. The molecule has 0 atom stereocenters. The molecule has 2 heterocycles. The molecule has 18 heavy (non-hydrogen) atoms. The molecule has 0 amide bonds. The van der Waals surface area contributed by atoms with Crippen molar-refractivity contribution in [1.82, 2.24) is 9.97 Å². The number of nitrogens with zero attached hydrogens (tertiary/aromatic N) is 3. The highest BCUT2D eigenvalue weighted by Gasteiger charge is 2.09. The predicted molar refractivity (Wildman–Crippen MR) is 73.3 cm³/mol. The van der Waals surface area contributed by atoms with E-state index >= 15 is 0 Å². The lowest BCUT2D eigenvalue weighted by Gasteiger charge is -2.14. The fourth-order valence-electron chi connectivity index (χ4n) is 1.53. The first-order valence-corrected chi connectivity index (χ1v) is 6.56. The first-order valence-electron chi connectivity index (χ1n) is 5.74. The van der Waals surface area contributed by atoms with Crippen LogP contribution in [-0.2, 0) is 6.42 Å². The van der Waals surface area contributed by atoms with Crippen molar-refractivity contribution in [2.45, 2.75) is 13.3 Å². The third-order valence-electron chi connectivity index (χ3n) is 2.60. The van der Waals surface area contributed by atoms with Crippen molar-refractivity contribution in [3.05, 3.63) is 41.2 Å². The van der Waals surface area contributed by atoms with Gasteiger partial charge in [-0.25, -0.2) is 4.98 Å². The molecule has 2 aromatic heterocycles. The van der Waals surface area contributed by atoms with Crippen LogP contribution in [0.25, 0.3) is 0 Å². The molecule has 0 aliphatic heterocycles. The number of carbonyl (C=O) groups excluding carboxylic acids is 1. The number of ketones is 1. The fourth-order valence-corrected chi connectivity index (χ4v) is 2.33. The first-order chi connectivity index (χ1) is 8.66. The van der Waals surface area contributed by atoms with Gasteiger partial charge in [-0.2, -0.15) is 0 Å². The van der Waals surface area contributed by atoms with Crippen molar-refractivity contribution >= 4 is 22.3 Å². The van der Waals surface area contributed by atoms with Gasteiger partial charge >= 0.3 is 0 Å². The molecule has 5 heteroatoms. The van der Waals surface area contributed by atoms with Gasteiger partial charge in [0.2, 0.25) is 0 Å². The summed E-state index contributed by atoms with van der Waals surface area (Å²) in [5.41, 5.74) is 1.06. The Balaban J connectivity index is 1.95. The molecule has 2 aromatic rings. The number of rotatable bonds is 5. The van der Waals surface area contributed by atoms with Gasteiger partial charge in [0, 0.05) is 38.8 Å². The van der Waals surface area contributed by atoms with Gasteiger partial charge in [-0.05, 0) is 12.1 Å². The van der Waals surface area contributed by atoms with Gasteiger partial charge < -0.3 is 4.90 Å². The smallest absolute Gasteiger partial charge is 0.185 e. The second kappa shape index (κ2) is 5.73. The van der Waals surface area contributed by atoms with Crippen LogP contribution in [-0.4, -0.2) is 29.3 Å². The molecule has 0 bridgehead atoms. The maximum Gasteiger partial charge on any atom is 0.185 e. The van der Waals surface area contributed by atoms with Gasteiger partial charge in [-0.15, -0.1) is 0 Å². The Labute approximate surface area is 110 Å². The maximum absolute atomic E-state index is 11.2. The van der Waals surface area contributed by atoms with Crippen LogP contribution in [0.1, 0.15) is 22.3 Å². The normalized spacial score (nSPS) is 10.3. The SMILES string of the molecule is CC(=O)c1cnc(N(C)CCc2ccccn2)s1. The highest BCUT2D eigenvalue weighted by molar-refractivity contribution is 7.17. The summed E-state index contributed by atoms with van der Waals surface area (Å²) in [7, 11) is 1.98. The first kappa shape index (κ1) is 12.7. The zero-order valence-corrected chi connectivity index (χ0v) is 11.3. The highest BCUT2D eigenvalue weighted by Crippen LogP contribution is 2.21.